The summed E-state index contributed by atoms with van der Waals surface area (Å²) >= 11 is 1.16. The first-order valence-corrected chi connectivity index (χ1v) is 8.32. The molecule has 0 saturated heterocycles. The molecule has 7 heteroatoms. The lowest BCUT2D eigenvalue weighted by Crippen LogP contribution is -2.12. The summed E-state index contributed by atoms with van der Waals surface area (Å²) in [5, 5.41) is 19.3. The molecule has 0 unspecified atom stereocenters. The summed E-state index contributed by atoms with van der Waals surface area (Å²) in [6.45, 7) is 1.88. The fraction of sp³-hybridized carbons (Fsp3) is 0.235. The van der Waals surface area contributed by atoms with Gasteiger partial charge in [0, 0.05) is 12.4 Å². The predicted octanol–water partition coefficient (Wildman–Crippen LogP) is 3.11. The monoisotopic (exact) mass is 343 g/mol. The normalized spacial score (nSPS) is 12.2. The second-order valence-electron chi connectivity index (χ2n) is 5.32. The van der Waals surface area contributed by atoms with Crippen molar-refractivity contribution in [1.82, 2.24) is 14.8 Å². The van der Waals surface area contributed by atoms with E-state index < -0.39 is 11.2 Å². The van der Waals surface area contributed by atoms with Crippen molar-refractivity contribution < 1.29 is 14.6 Å². The van der Waals surface area contributed by atoms with Crippen LogP contribution >= 0.6 is 11.8 Å². The zero-order valence-electron chi connectivity index (χ0n) is 13.3. The molecule has 0 bridgehead atoms. The highest BCUT2D eigenvalue weighted by atomic mass is 32.2. The number of hydrogen-bond acceptors (Lipinski definition) is 5. The van der Waals surface area contributed by atoms with E-state index >= 15 is 0 Å². The molecule has 0 aliphatic rings. The number of benzene rings is 2. The van der Waals surface area contributed by atoms with E-state index in [0.717, 1.165) is 28.3 Å². The van der Waals surface area contributed by atoms with Gasteiger partial charge in [-0.05, 0) is 18.4 Å². The lowest BCUT2D eigenvalue weighted by Gasteiger charge is -2.09. The van der Waals surface area contributed by atoms with E-state index in [1.165, 1.54) is 0 Å². The van der Waals surface area contributed by atoms with Crippen molar-refractivity contribution in [2.24, 2.45) is 7.05 Å². The van der Waals surface area contributed by atoms with E-state index in [1.54, 1.807) is 18.5 Å². The van der Waals surface area contributed by atoms with Crippen LogP contribution in [0.4, 0.5) is 0 Å². The number of ether oxygens (including phenoxy) is 1. The summed E-state index contributed by atoms with van der Waals surface area (Å²) in [5.74, 6) is 0.545. The Morgan fingerprint density at radius 3 is 2.79 bits per heavy atom. The summed E-state index contributed by atoms with van der Waals surface area (Å²) in [4.78, 5) is 11.0. The molecule has 24 heavy (non-hydrogen) atoms. The van der Waals surface area contributed by atoms with Crippen molar-refractivity contribution >= 4 is 28.5 Å². The van der Waals surface area contributed by atoms with E-state index in [-0.39, 0.29) is 6.61 Å². The second kappa shape index (κ2) is 6.92. The average Bonchev–Trinajstić information content (AvgIpc) is 2.93. The van der Waals surface area contributed by atoms with Gasteiger partial charge >= 0.3 is 5.97 Å². The Morgan fingerprint density at radius 1 is 1.25 bits per heavy atom. The average molecular weight is 343 g/mol. The van der Waals surface area contributed by atoms with E-state index in [0.29, 0.717) is 11.0 Å². The van der Waals surface area contributed by atoms with Crippen molar-refractivity contribution in [2.75, 3.05) is 0 Å². The van der Waals surface area contributed by atoms with Gasteiger partial charge in [0.1, 0.15) is 17.6 Å². The number of aromatic nitrogens is 3. The van der Waals surface area contributed by atoms with Gasteiger partial charge in [-0.15, -0.1) is 10.2 Å². The minimum Gasteiger partial charge on any atom is -0.485 e. The largest absolute Gasteiger partial charge is 0.485 e. The Bertz CT molecular complexity index is 873. The fourth-order valence-corrected chi connectivity index (χ4v) is 3.01. The molecule has 1 N–H and O–H groups in total. The van der Waals surface area contributed by atoms with Gasteiger partial charge in [-0.25, -0.2) is 0 Å². The number of hydrogen-bond donors (Lipinski definition) is 1. The van der Waals surface area contributed by atoms with Crippen molar-refractivity contribution in [2.45, 2.75) is 23.9 Å². The zero-order chi connectivity index (χ0) is 17.1. The molecule has 3 aromatic rings. The third kappa shape index (κ3) is 3.35. The van der Waals surface area contributed by atoms with Gasteiger partial charge in [0.2, 0.25) is 0 Å². The van der Waals surface area contributed by atoms with Crippen LogP contribution in [0.25, 0.3) is 10.8 Å². The van der Waals surface area contributed by atoms with Gasteiger partial charge < -0.3 is 14.4 Å². The number of fused-ring (bicyclic) bond motifs is 1. The van der Waals surface area contributed by atoms with Crippen molar-refractivity contribution in [3.63, 3.8) is 0 Å². The lowest BCUT2D eigenvalue weighted by molar-refractivity contribution is -0.136. The van der Waals surface area contributed by atoms with Crippen LogP contribution in [-0.2, 0) is 18.4 Å². The number of nitrogens with zero attached hydrogens (tertiary/aromatic N) is 3. The Balaban J connectivity index is 1.75. The van der Waals surface area contributed by atoms with Crippen molar-refractivity contribution in [3.05, 3.63) is 48.3 Å². The van der Waals surface area contributed by atoms with E-state index in [9.17, 15) is 4.79 Å². The molecular formula is C17H17N3O3S. The molecule has 1 aromatic heterocycles. The van der Waals surface area contributed by atoms with Crippen LogP contribution in [-0.4, -0.2) is 31.1 Å². The summed E-state index contributed by atoms with van der Waals surface area (Å²) in [6, 6.07) is 13.9. The molecule has 0 amide bonds. The van der Waals surface area contributed by atoms with Gasteiger partial charge in [0.15, 0.2) is 11.0 Å². The Kier molecular flexibility index (Phi) is 4.71. The first-order valence-electron chi connectivity index (χ1n) is 7.44. The molecule has 6 nitrogen and oxygen atoms in total. The number of rotatable bonds is 6. The minimum atomic E-state index is -0.878. The molecule has 3 rings (SSSR count). The molecule has 0 fully saturated rings. The molecule has 124 valence electrons. The molecule has 2 aromatic carbocycles. The topological polar surface area (TPSA) is 77.2 Å². The van der Waals surface area contributed by atoms with Gasteiger partial charge in [-0.2, -0.15) is 0 Å². The second-order valence-corrected chi connectivity index (χ2v) is 6.63. The highest BCUT2D eigenvalue weighted by Crippen LogP contribution is 2.26. The molecule has 0 spiro atoms. The van der Waals surface area contributed by atoms with Crippen LogP contribution in [0.3, 0.4) is 0 Å². The highest BCUT2D eigenvalue weighted by Gasteiger charge is 2.18. The van der Waals surface area contributed by atoms with Gasteiger partial charge in [0.25, 0.3) is 0 Å². The minimum absolute atomic E-state index is 0.263. The number of aliphatic carboxylic acids is 1. The zero-order valence-corrected chi connectivity index (χ0v) is 14.2. The summed E-state index contributed by atoms with van der Waals surface area (Å²) in [7, 11) is 1.80. The van der Waals surface area contributed by atoms with Crippen LogP contribution in [0.2, 0.25) is 0 Å². The summed E-state index contributed by atoms with van der Waals surface area (Å²) in [5.41, 5.74) is 0. The highest BCUT2D eigenvalue weighted by molar-refractivity contribution is 8.00. The lowest BCUT2D eigenvalue weighted by atomic mass is 10.1. The predicted molar refractivity (Wildman–Crippen MR) is 92.2 cm³/mol. The van der Waals surface area contributed by atoms with Gasteiger partial charge in [-0.1, -0.05) is 48.2 Å². The number of carbonyl (C=O) groups is 1. The first-order chi connectivity index (χ1) is 11.6. The van der Waals surface area contributed by atoms with Crippen LogP contribution in [0.15, 0.2) is 47.6 Å². The molecule has 0 aliphatic heterocycles. The van der Waals surface area contributed by atoms with Gasteiger partial charge in [-0.3, -0.25) is 4.79 Å². The number of carboxylic acids is 1. The molecule has 0 aliphatic carbocycles. The standard InChI is InChI=1S/C17H17N3O3S/c1-11(16(21)22)24-17-19-18-15(20(17)2)10-23-14-9-5-7-12-6-3-4-8-13(12)14/h3-9,11H,10H2,1-2H3,(H,21,22)/t11-/m0/s1. The maximum Gasteiger partial charge on any atom is 0.316 e. The van der Waals surface area contributed by atoms with Crippen LogP contribution in [0.1, 0.15) is 12.7 Å². The van der Waals surface area contributed by atoms with Crippen LogP contribution < -0.4 is 4.74 Å². The summed E-state index contributed by atoms with van der Waals surface area (Å²) in [6.07, 6.45) is 0. The molecule has 0 radical (unpaired) electrons. The first kappa shape index (κ1) is 16.3. The maximum atomic E-state index is 11.0. The van der Waals surface area contributed by atoms with Crippen LogP contribution in [0.5, 0.6) is 5.75 Å². The SMILES string of the molecule is C[C@H](Sc1nnc(COc2cccc3ccccc23)n1C)C(=O)O. The van der Waals surface area contributed by atoms with E-state index in [2.05, 4.69) is 10.2 Å². The number of carboxylic acid groups (broad SMARTS) is 1. The van der Waals surface area contributed by atoms with E-state index in [4.69, 9.17) is 9.84 Å². The van der Waals surface area contributed by atoms with Crippen LogP contribution in [0, 0.1) is 0 Å². The van der Waals surface area contributed by atoms with Crippen molar-refractivity contribution in [3.8, 4) is 5.75 Å². The Morgan fingerprint density at radius 2 is 2.00 bits per heavy atom. The smallest absolute Gasteiger partial charge is 0.316 e. The Labute approximate surface area is 143 Å². The number of thioether (sulfide) groups is 1. The molecule has 1 atom stereocenters. The maximum absolute atomic E-state index is 11.0. The molecule has 1 heterocycles. The van der Waals surface area contributed by atoms with Gasteiger partial charge in [0.05, 0.1) is 0 Å². The van der Waals surface area contributed by atoms with E-state index in [1.807, 2.05) is 42.5 Å². The quantitative estimate of drug-likeness (QED) is 0.693. The molecule has 0 saturated carbocycles. The fourth-order valence-electron chi connectivity index (χ4n) is 2.25. The Hall–Kier alpha value is -2.54. The third-order valence-corrected chi connectivity index (χ3v) is 4.78. The van der Waals surface area contributed by atoms with Crippen molar-refractivity contribution in [1.29, 1.82) is 0 Å². The summed E-state index contributed by atoms with van der Waals surface area (Å²) < 4.78 is 7.66. The third-order valence-electron chi connectivity index (χ3n) is 3.66. The molecular weight excluding hydrogens is 326 g/mol.